The number of carbonyl (C=O) groups is 1. The Bertz CT molecular complexity index is 485. The number of hydrogen-bond donors (Lipinski definition) is 0. The number of hydrogen-bond acceptors (Lipinski definition) is 3. The number of methoxy groups -OCH3 is 1. The number of benzene rings is 1. The molecule has 72 valence electrons. The molecule has 0 fully saturated rings. The van der Waals surface area contributed by atoms with Gasteiger partial charge < -0.3 is 4.74 Å². The minimum atomic E-state index is 0.621. The van der Waals surface area contributed by atoms with Crippen molar-refractivity contribution in [1.29, 1.82) is 0 Å². The lowest BCUT2D eigenvalue weighted by Crippen LogP contribution is -1.92. The van der Waals surface area contributed by atoms with Gasteiger partial charge in [-0.15, -0.1) is 11.3 Å². The topological polar surface area (TPSA) is 26.3 Å². The number of rotatable bonds is 2. The fourth-order valence-electron chi connectivity index (χ4n) is 1.63. The Morgan fingerprint density at radius 2 is 2.29 bits per heavy atom. The highest BCUT2D eigenvalue weighted by Gasteiger charge is 2.10. The van der Waals surface area contributed by atoms with Crippen LogP contribution in [0.25, 0.3) is 10.1 Å². The summed E-state index contributed by atoms with van der Waals surface area (Å²) in [5, 5.41) is 3.04. The van der Waals surface area contributed by atoms with Crippen LogP contribution in [-0.2, 0) is 0 Å². The number of thiophene rings is 1. The zero-order valence-corrected chi connectivity index (χ0v) is 8.85. The largest absolute Gasteiger partial charge is 0.495 e. The summed E-state index contributed by atoms with van der Waals surface area (Å²) in [4.78, 5) is 10.8. The molecule has 2 nitrogen and oxygen atoms in total. The fourth-order valence-corrected chi connectivity index (χ4v) is 2.50. The molecule has 0 saturated heterocycles. The highest BCUT2D eigenvalue weighted by Crippen LogP contribution is 2.34. The van der Waals surface area contributed by atoms with Crippen molar-refractivity contribution in [2.45, 2.75) is 6.92 Å². The van der Waals surface area contributed by atoms with Gasteiger partial charge in [0.2, 0.25) is 0 Å². The smallest absolute Gasteiger partial charge is 0.153 e. The van der Waals surface area contributed by atoms with E-state index in [9.17, 15) is 4.79 Å². The third-order valence-electron chi connectivity index (χ3n) is 2.23. The van der Waals surface area contributed by atoms with Crippen molar-refractivity contribution in [3.05, 3.63) is 28.6 Å². The molecule has 0 unspecified atom stereocenters. The average Bonchev–Trinajstić information content (AvgIpc) is 2.66. The lowest BCUT2D eigenvalue weighted by Gasteiger charge is -2.06. The SMILES string of the molecule is COc1c(C=O)cc(C)c2sccc12. The van der Waals surface area contributed by atoms with E-state index in [4.69, 9.17) is 4.74 Å². The lowest BCUT2D eigenvalue weighted by atomic mass is 10.1. The van der Waals surface area contributed by atoms with Crippen LogP contribution < -0.4 is 4.74 Å². The Balaban J connectivity index is 2.88. The van der Waals surface area contributed by atoms with Gasteiger partial charge in [-0.2, -0.15) is 0 Å². The molecule has 0 saturated carbocycles. The van der Waals surface area contributed by atoms with Crippen LogP contribution in [0.5, 0.6) is 5.75 Å². The van der Waals surface area contributed by atoms with Crippen molar-refractivity contribution in [3.63, 3.8) is 0 Å². The zero-order valence-electron chi connectivity index (χ0n) is 8.03. The number of carbonyl (C=O) groups excluding carboxylic acids is 1. The van der Waals surface area contributed by atoms with Gasteiger partial charge in [0.1, 0.15) is 5.75 Å². The highest BCUT2D eigenvalue weighted by molar-refractivity contribution is 7.17. The molecular formula is C11H10O2S. The number of ether oxygens (including phenoxy) is 1. The molecule has 2 rings (SSSR count). The van der Waals surface area contributed by atoms with Crippen molar-refractivity contribution in [3.8, 4) is 5.75 Å². The van der Waals surface area contributed by atoms with E-state index in [1.807, 2.05) is 24.4 Å². The van der Waals surface area contributed by atoms with Crippen LogP contribution in [0.2, 0.25) is 0 Å². The monoisotopic (exact) mass is 206 g/mol. The summed E-state index contributed by atoms with van der Waals surface area (Å²) in [6.07, 6.45) is 0.836. The van der Waals surface area contributed by atoms with Crippen molar-refractivity contribution < 1.29 is 9.53 Å². The molecule has 0 aliphatic rings. The first-order chi connectivity index (χ1) is 6.77. The summed E-state index contributed by atoms with van der Waals surface area (Å²) < 4.78 is 6.43. The third kappa shape index (κ3) is 1.21. The van der Waals surface area contributed by atoms with E-state index in [2.05, 4.69) is 0 Å². The highest BCUT2D eigenvalue weighted by atomic mass is 32.1. The summed E-state index contributed by atoms with van der Waals surface area (Å²) in [7, 11) is 1.59. The normalized spacial score (nSPS) is 10.4. The molecule has 0 radical (unpaired) electrons. The Morgan fingerprint density at radius 1 is 1.50 bits per heavy atom. The molecule has 1 heterocycles. The van der Waals surface area contributed by atoms with Crippen molar-refractivity contribution >= 4 is 27.7 Å². The summed E-state index contributed by atoms with van der Waals surface area (Å²) in [6.45, 7) is 2.01. The number of aldehydes is 1. The molecule has 0 N–H and O–H groups in total. The standard InChI is InChI=1S/C11H10O2S/c1-7-5-8(6-12)10(13-2)9-3-4-14-11(7)9/h3-6H,1-2H3. The van der Waals surface area contributed by atoms with Crippen molar-refractivity contribution in [2.24, 2.45) is 0 Å². The number of fused-ring (bicyclic) bond motifs is 1. The zero-order chi connectivity index (χ0) is 10.1. The predicted octanol–water partition coefficient (Wildman–Crippen LogP) is 3.03. The molecular weight excluding hydrogens is 196 g/mol. The van der Waals surface area contributed by atoms with Gasteiger partial charge in [0.15, 0.2) is 6.29 Å². The van der Waals surface area contributed by atoms with Crippen molar-refractivity contribution in [1.82, 2.24) is 0 Å². The second-order valence-corrected chi connectivity index (χ2v) is 4.01. The maximum absolute atomic E-state index is 10.8. The average molecular weight is 206 g/mol. The van der Waals surface area contributed by atoms with Gasteiger partial charge in [-0.05, 0) is 30.0 Å². The van der Waals surface area contributed by atoms with Crippen LogP contribution >= 0.6 is 11.3 Å². The first-order valence-electron chi connectivity index (χ1n) is 4.28. The third-order valence-corrected chi connectivity index (χ3v) is 3.28. The molecule has 3 heteroatoms. The van der Waals surface area contributed by atoms with Crippen LogP contribution in [0.15, 0.2) is 17.5 Å². The van der Waals surface area contributed by atoms with Crippen molar-refractivity contribution in [2.75, 3.05) is 7.11 Å². The van der Waals surface area contributed by atoms with E-state index in [0.717, 1.165) is 17.2 Å². The minimum absolute atomic E-state index is 0.621. The maximum Gasteiger partial charge on any atom is 0.153 e. The molecule has 2 aromatic rings. The van der Waals surface area contributed by atoms with Crippen LogP contribution in [0.3, 0.4) is 0 Å². The Labute approximate surface area is 86.1 Å². The quantitative estimate of drug-likeness (QED) is 0.706. The van der Waals surface area contributed by atoms with Crippen LogP contribution in [0.4, 0.5) is 0 Å². The molecule has 1 aromatic carbocycles. The van der Waals surface area contributed by atoms with E-state index in [0.29, 0.717) is 11.3 Å². The number of aryl methyl sites for hydroxylation is 1. The van der Waals surface area contributed by atoms with Gasteiger partial charge in [-0.25, -0.2) is 0 Å². The first kappa shape index (κ1) is 9.21. The van der Waals surface area contributed by atoms with Gasteiger partial charge in [0.05, 0.1) is 12.7 Å². The fraction of sp³-hybridized carbons (Fsp3) is 0.182. The Morgan fingerprint density at radius 3 is 2.93 bits per heavy atom. The molecule has 0 aliphatic heterocycles. The van der Waals surface area contributed by atoms with Gasteiger partial charge in [0.25, 0.3) is 0 Å². The molecule has 0 atom stereocenters. The van der Waals surface area contributed by atoms with E-state index in [1.165, 1.54) is 4.70 Å². The summed E-state index contributed by atoms with van der Waals surface area (Å²) in [6, 6.07) is 3.85. The van der Waals surface area contributed by atoms with E-state index < -0.39 is 0 Å². The van der Waals surface area contributed by atoms with Crippen LogP contribution in [0.1, 0.15) is 15.9 Å². The molecule has 0 spiro atoms. The maximum atomic E-state index is 10.8. The van der Waals surface area contributed by atoms with Crippen LogP contribution in [0, 0.1) is 6.92 Å². The van der Waals surface area contributed by atoms with Gasteiger partial charge >= 0.3 is 0 Å². The Kier molecular flexibility index (Phi) is 2.25. The van der Waals surface area contributed by atoms with Gasteiger partial charge in [-0.3, -0.25) is 4.79 Å². The molecule has 1 aromatic heterocycles. The molecule has 14 heavy (non-hydrogen) atoms. The molecule has 0 amide bonds. The molecule has 0 bridgehead atoms. The summed E-state index contributed by atoms with van der Waals surface area (Å²) >= 11 is 1.67. The predicted molar refractivity (Wildman–Crippen MR) is 58.5 cm³/mol. The lowest BCUT2D eigenvalue weighted by molar-refractivity contribution is 0.112. The Hall–Kier alpha value is -1.35. The summed E-state index contributed by atoms with van der Waals surface area (Å²) in [5.74, 6) is 0.682. The van der Waals surface area contributed by atoms with Gasteiger partial charge in [-0.1, -0.05) is 0 Å². The van der Waals surface area contributed by atoms with E-state index in [1.54, 1.807) is 18.4 Å². The van der Waals surface area contributed by atoms with E-state index in [-0.39, 0.29) is 0 Å². The summed E-state index contributed by atoms with van der Waals surface area (Å²) in [5.41, 5.74) is 1.74. The molecule has 0 aliphatic carbocycles. The van der Waals surface area contributed by atoms with Gasteiger partial charge in [0, 0.05) is 10.1 Å². The second-order valence-electron chi connectivity index (χ2n) is 3.10. The second kappa shape index (κ2) is 3.42. The van der Waals surface area contributed by atoms with E-state index >= 15 is 0 Å². The first-order valence-corrected chi connectivity index (χ1v) is 5.16. The minimum Gasteiger partial charge on any atom is -0.495 e. The van der Waals surface area contributed by atoms with Crippen LogP contribution in [-0.4, -0.2) is 13.4 Å².